The minimum atomic E-state index is 0.0252. The molecule has 7 nitrogen and oxygen atoms in total. The number of aryl methyl sites for hydroxylation is 2. The van der Waals surface area contributed by atoms with Crippen LogP contribution in [0.15, 0.2) is 28.7 Å². The number of amides is 2. The van der Waals surface area contributed by atoms with Crippen molar-refractivity contribution in [3.05, 3.63) is 41.3 Å². The highest BCUT2D eigenvalue weighted by molar-refractivity contribution is 5.80. The molecule has 1 aromatic heterocycles. The monoisotopic (exact) mass is 398 g/mol. The van der Waals surface area contributed by atoms with Crippen LogP contribution < -0.4 is 0 Å². The number of carbonyl (C=O) groups excluding carboxylic acids is 2. The van der Waals surface area contributed by atoms with Crippen molar-refractivity contribution in [2.45, 2.75) is 26.7 Å². The van der Waals surface area contributed by atoms with Crippen LogP contribution in [-0.2, 0) is 16.0 Å². The van der Waals surface area contributed by atoms with E-state index in [1.165, 1.54) is 5.56 Å². The molecule has 0 N–H and O–H groups in total. The quantitative estimate of drug-likeness (QED) is 0.746. The van der Waals surface area contributed by atoms with Crippen molar-refractivity contribution in [3.8, 4) is 11.5 Å². The Morgan fingerprint density at radius 1 is 1.00 bits per heavy atom. The Kier molecular flexibility index (Phi) is 6.69. The maximum absolute atomic E-state index is 12.7. The number of hydrogen-bond acceptors (Lipinski definition) is 5. The van der Waals surface area contributed by atoms with Crippen LogP contribution in [0.25, 0.3) is 11.5 Å². The number of piperazine rings is 1. The molecule has 1 aromatic carbocycles. The molecule has 0 spiro atoms. The van der Waals surface area contributed by atoms with Gasteiger partial charge in [-0.15, -0.1) is 0 Å². The summed E-state index contributed by atoms with van der Waals surface area (Å²) in [6.45, 7) is 6.92. The summed E-state index contributed by atoms with van der Waals surface area (Å²) in [5.41, 5.74) is 2.75. The molecular formula is C22H30N4O3. The lowest BCUT2D eigenvalue weighted by atomic mass is 10.1. The molecule has 0 saturated carbocycles. The highest BCUT2D eigenvalue weighted by Gasteiger charge is 2.25. The Hall–Kier alpha value is -2.67. The molecule has 1 fully saturated rings. The molecule has 0 atom stereocenters. The number of oxazole rings is 1. The summed E-state index contributed by atoms with van der Waals surface area (Å²) in [7, 11) is 3.92. The summed E-state index contributed by atoms with van der Waals surface area (Å²) >= 11 is 0. The second kappa shape index (κ2) is 9.22. The lowest BCUT2D eigenvalue weighted by Crippen LogP contribution is -2.51. The average molecular weight is 399 g/mol. The van der Waals surface area contributed by atoms with E-state index in [0.29, 0.717) is 49.9 Å². The Balaban J connectivity index is 1.55. The van der Waals surface area contributed by atoms with E-state index in [9.17, 15) is 9.59 Å². The SMILES string of the molecule is Cc1ccc(-c2nc(CC(=O)N3CCN(C(=O)CCN(C)C)CC3)c(C)o2)cc1. The van der Waals surface area contributed by atoms with E-state index in [1.54, 1.807) is 0 Å². The van der Waals surface area contributed by atoms with E-state index < -0.39 is 0 Å². The van der Waals surface area contributed by atoms with Gasteiger partial charge in [-0.1, -0.05) is 17.7 Å². The molecule has 1 aliphatic heterocycles. The van der Waals surface area contributed by atoms with E-state index >= 15 is 0 Å². The maximum atomic E-state index is 12.7. The van der Waals surface area contributed by atoms with Crippen LogP contribution in [0.3, 0.4) is 0 Å². The smallest absolute Gasteiger partial charge is 0.228 e. The molecule has 156 valence electrons. The second-order valence-electron chi connectivity index (χ2n) is 7.88. The third-order valence-corrected chi connectivity index (χ3v) is 5.27. The minimum Gasteiger partial charge on any atom is -0.441 e. The number of nitrogens with zero attached hydrogens (tertiary/aromatic N) is 4. The third kappa shape index (κ3) is 5.44. The third-order valence-electron chi connectivity index (χ3n) is 5.27. The lowest BCUT2D eigenvalue weighted by Gasteiger charge is -2.35. The standard InChI is InChI=1S/C22H30N4O3/c1-16-5-7-18(8-6-16)22-23-19(17(2)29-22)15-21(28)26-13-11-25(12-14-26)20(27)9-10-24(3)4/h5-8H,9-15H2,1-4H3. The van der Waals surface area contributed by atoms with E-state index in [0.717, 1.165) is 12.1 Å². The number of carbonyl (C=O) groups is 2. The zero-order valence-corrected chi connectivity index (χ0v) is 17.8. The van der Waals surface area contributed by atoms with Gasteiger partial charge in [-0.3, -0.25) is 9.59 Å². The fraction of sp³-hybridized carbons (Fsp3) is 0.500. The van der Waals surface area contributed by atoms with E-state index in [-0.39, 0.29) is 18.2 Å². The second-order valence-corrected chi connectivity index (χ2v) is 7.88. The van der Waals surface area contributed by atoms with Gasteiger partial charge in [0, 0.05) is 44.7 Å². The first kappa shape index (κ1) is 21.0. The molecule has 1 saturated heterocycles. The molecule has 1 aliphatic rings. The van der Waals surface area contributed by atoms with Crippen molar-refractivity contribution >= 4 is 11.8 Å². The zero-order valence-electron chi connectivity index (χ0n) is 17.8. The highest BCUT2D eigenvalue weighted by atomic mass is 16.4. The molecule has 7 heteroatoms. The number of benzene rings is 1. The average Bonchev–Trinajstić information content (AvgIpc) is 3.07. The molecular weight excluding hydrogens is 368 g/mol. The van der Waals surface area contributed by atoms with Gasteiger partial charge in [0.25, 0.3) is 0 Å². The molecule has 3 rings (SSSR count). The number of aromatic nitrogens is 1. The van der Waals surface area contributed by atoms with Gasteiger partial charge in [0.15, 0.2) is 0 Å². The molecule has 2 amide bonds. The first-order valence-corrected chi connectivity index (χ1v) is 10.1. The van der Waals surface area contributed by atoms with Crippen molar-refractivity contribution in [2.75, 3.05) is 46.8 Å². The van der Waals surface area contributed by atoms with Crippen LogP contribution in [0.4, 0.5) is 0 Å². The van der Waals surface area contributed by atoms with Crippen molar-refractivity contribution in [2.24, 2.45) is 0 Å². The molecule has 0 aliphatic carbocycles. The van der Waals surface area contributed by atoms with Crippen molar-refractivity contribution in [1.29, 1.82) is 0 Å². The summed E-state index contributed by atoms with van der Waals surface area (Å²) in [5.74, 6) is 1.39. The largest absolute Gasteiger partial charge is 0.441 e. The lowest BCUT2D eigenvalue weighted by molar-refractivity contribution is -0.139. The Bertz CT molecular complexity index is 849. The summed E-state index contributed by atoms with van der Waals surface area (Å²) in [5, 5.41) is 0. The summed E-state index contributed by atoms with van der Waals surface area (Å²) in [6, 6.07) is 7.97. The minimum absolute atomic E-state index is 0.0252. The van der Waals surface area contributed by atoms with Crippen molar-refractivity contribution in [1.82, 2.24) is 19.7 Å². The molecule has 2 aromatic rings. The van der Waals surface area contributed by atoms with E-state index in [1.807, 2.05) is 66.9 Å². The van der Waals surface area contributed by atoms with Gasteiger partial charge in [-0.2, -0.15) is 0 Å². The highest BCUT2D eigenvalue weighted by Crippen LogP contribution is 2.23. The summed E-state index contributed by atoms with van der Waals surface area (Å²) < 4.78 is 5.78. The molecule has 0 unspecified atom stereocenters. The summed E-state index contributed by atoms with van der Waals surface area (Å²) in [4.78, 5) is 35.2. The molecule has 0 radical (unpaired) electrons. The van der Waals surface area contributed by atoms with Gasteiger partial charge in [-0.05, 0) is 40.1 Å². The number of hydrogen-bond donors (Lipinski definition) is 0. The van der Waals surface area contributed by atoms with Gasteiger partial charge >= 0.3 is 0 Å². The van der Waals surface area contributed by atoms with Crippen LogP contribution in [0.1, 0.15) is 23.4 Å². The summed E-state index contributed by atoms with van der Waals surface area (Å²) in [6.07, 6.45) is 0.733. The van der Waals surface area contributed by atoms with Crippen LogP contribution >= 0.6 is 0 Å². The fourth-order valence-electron chi connectivity index (χ4n) is 3.35. The maximum Gasteiger partial charge on any atom is 0.228 e. The van der Waals surface area contributed by atoms with Crippen molar-refractivity contribution in [3.63, 3.8) is 0 Å². The molecule has 29 heavy (non-hydrogen) atoms. The number of rotatable bonds is 6. The van der Waals surface area contributed by atoms with E-state index in [4.69, 9.17) is 4.42 Å². The molecule has 2 heterocycles. The Labute approximate surface area is 172 Å². The molecule has 0 bridgehead atoms. The van der Waals surface area contributed by atoms with Crippen LogP contribution in [-0.4, -0.2) is 78.3 Å². The Morgan fingerprint density at radius 3 is 2.17 bits per heavy atom. The fourth-order valence-corrected chi connectivity index (χ4v) is 3.35. The topological polar surface area (TPSA) is 69.9 Å². The van der Waals surface area contributed by atoms with Gasteiger partial charge in [0.2, 0.25) is 17.7 Å². The first-order chi connectivity index (χ1) is 13.8. The van der Waals surface area contributed by atoms with Gasteiger partial charge in [0.1, 0.15) is 5.76 Å². The van der Waals surface area contributed by atoms with Gasteiger partial charge in [-0.25, -0.2) is 4.98 Å². The van der Waals surface area contributed by atoms with Crippen LogP contribution in [0, 0.1) is 13.8 Å². The van der Waals surface area contributed by atoms with Crippen molar-refractivity contribution < 1.29 is 14.0 Å². The van der Waals surface area contributed by atoms with Gasteiger partial charge in [0.05, 0.1) is 12.1 Å². The zero-order chi connectivity index (χ0) is 21.0. The Morgan fingerprint density at radius 2 is 1.59 bits per heavy atom. The van der Waals surface area contributed by atoms with E-state index in [2.05, 4.69) is 4.98 Å². The normalized spacial score (nSPS) is 14.5. The predicted molar refractivity (Wildman–Crippen MR) is 111 cm³/mol. The first-order valence-electron chi connectivity index (χ1n) is 10.1. The van der Waals surface area contributed by atoms with Gasteiger partial charge < -0.3 is 19.1 Å². The van der Waals surface area contributed by atoms with Crippen LogP contribution in [0.2, 0.25) is 0 Å². The predicted octanol–water partition coefficient (Wildman–Crippen LogP) is 2.12. The van der Waals surface area contributed by atoms with Crippen LogP contribution in [0.5, 0.6) is 0 Å².